The molecule has 31 heavy (non-hydrogen) atoms. The maximum atomic E-state index is 13.5. The molecule has 2 aliphatic rings. The summed E-state index contributed by atoms with van der Waals surface area (Å²) in [6.45, 7) is 0. The van der Waals surface area contributed by atoms with Gasteiger partial charge >= 0.3 is 0 Å². The third-order valence-corrected chi connectivity index (χ3v) is 6.45. The average molecular weight is 431 g/mol. The van der Waals surface area contributed by atoms with E-state index in [0.717, 1.165) is 45.9 Å². The summed E-state index contributed by atoms with van der Waals surface area (Å²) < 4.78 is 5.32. The highest BCUT2D eigenvalue weighted by atomic mass is 35.5. The normalized spacial score (nSPS) is 20.1. The van der Waals surface area contributed by atoms with Crippen molar-refractivity contribution in [3.05, 3.63) is 100 Å². The second-order valence-corrected chi connectivity index (χ2v) is 8.37. The number of hydrogen-bond acceptors (Lipinski definition) is 4. The molecule has 0 saturated heterocycles. The maximum Gasteiger partial charge on any atom is 0.163 e. The number of fused-ring (bicyclic) bond motifs is 1. The molecule has 2 unspecified atom stereocenters. The third-order valence-electron chi connectivity index (χ3n) is 6.10. The van der Waals surface area contributed by atoms with Crippen molar-refractivity contribution in [2.45, 2.75) is 24.8 Å². The van der Waals surface area contributed by atoms with E-state index in [1.807, 2.05) is 72.8 Å². The number of benzene rings is 3. The summed E-state index contributed by atoms with van der Waals surface area (Å²) in [6, 6.07) is 23.5. The molecule has 0 fully saturated rings. The fourth-order valence-electron chi connectivity index (χ4n) is 4.56. The van der Waals surface area contributed by atoms with Crippen LogP contribution in [0.5, 0.6) is 5.75 Å². The highest BCUT2D eigenvalue weighted by molar-refractivity contribution is 6.31. The summed E-state index contributed by atoms with van der Waals surface area (Å²) in [5.74, 6) is 0.980. The van der Waals surface area contributed by atoms with E-state index in [2.05, 4.69) is 10.6 Å². The van der Waals surface area contributed by atoms with E-state index in [-0.39, 0.29) is 17.7 Å². The van der Waals surface area contributed by atoms with Crippen LogP contribution in [-0.4, -0.2) is 12.9 Å². The molecule has 0 bridgehead atoms. The Morgan fingerprint density at radius 3 is 2.35 bits per heavy atom. The smallest absolute Gasteiger partial charge is 0.163 e. The minimum Gasteiger partial charge on any atom is -0.497 e. The second-order valence-electron chi connectivity index (χ2n) is 7.96. The first-order valence-electron chi connectivity index (χ1n) is 10.4. The van der Waals surface area contributed by atoms with Gasteiger partial charge in [-0.3, -0.25) is 4.79 Å². The zero-order valence-corrected chi connectivity index (χ0v) is 17.9. The molecule has 1 aliphatic carbocycles. The van der Waals surface area contributed by atoms with Gasteiger partial charge in [0.05, 0.1) is 24.5 Å². The number of carbonyl (C=O) groups excluding carboxylic acids is 1. The molecule has 4 nitrogen and oxygen atoms in total. The molecular formula is C26H23ClN2O2. The number of hydrogen-bond donors (Lipinski definition) is 2. The van der Waals surface area contributed by atoms with E-state index < -0.39 is 0 Å². The molecule has 2 atom stereocenters. The van der Waals surface area contributed by atoms with E-state index >= 15 is 0 Å². The van der Waals surface area contributed by atoms with Crippen LogP contribution in [0, 0.1) is 0 Å². The highest BCUT2D eigenvalue weighted by Crippen LogP contribution is 2.45. The number of rotatable bonds is 3. The number of halogens is 1. The average Bonchev–Trinajstić information content (AvgIpc) is 2.96. The van der Waals surface area contributed by atoms with Gasteiger partial charge in [-0.15, -0.1) is 0 Å². The van der Waals surface area contributed by atoms with Crippen LogP contribution in [0.4, 0.5) is 11.4 Å². The molecule has 0 spiro atoms. The quantitative estimate of drug-likeness (QED) is 0.509. The van der Waals surface area contributed by atoms with Crippen molar-refractivity contribution in [2.24, 2.45) is 0 Å². The van der Waals surface area contributed by atoms with Crippen molar-refractivity contribution in [3.63, 3.8) is 0 Å². The lowest BCUT2D eigenvalue weighted by Crippen LogP contribution is -2.27. The summed E-state index contributed by atoms with van der Waals surface area (Å²) in [5.41, 5.74) is 5.75. The van der Waals surface area contributed by atoms with Crippen LogP contribution in [0.3, 0.4) is 0 Å². The number of ether oxygens (including phenoxy) is 1. The topological polar surface area (TPSA) is 50.4 Å². The van der Waals surface area contributed by atoms with Gasteiger partial charge in [-0.25, -0.2) is 0 Å². The number of ketones is 1. The molecule has 2 N–H and O–H groups in total. The van der Waals surface area contributed by atoms with Gasteiger partial charge < -0.3 is 15.4 Å². The Morgan fingerprint density at radius 1 is 0.903 bits per heavy atom. The lowest BCUT2D eigenvalue weighted by atomic mass is 9.78. The summed E-state index contributed by atoms with van der Waals surface area (Å²) >= 11 is 6.47. The molecule has 0 amide bonds. The van der Waals surface area contributed by atoms with Crippen LogP contribution >= 0.6 is 11.6 Å². The summed E-state index contributed by atoms with van der Waals surface area (Å²) in [5, 5.41) is 7.87. The Hall–Kier alpha value is -3.24. The predicted molar refractivity (Wildman–Crippen MR) is 125 cm³/mol. The molecule has 5 rings (SSSR count). The van der Waals surface area contributed by atoms with Crippen molar-refractivity contribution < 1.29 is 9.53 Å². The fraction of sp³-hybridized carbons (Fsp3) is 0.192. The summed E-state index contributed by atoms with van der Waals surface area (Å²) in [4.78, 5) is 13.5. The lowest BCUT2D eigenvalue weighted by molar-refractivity contribution is -0.116. The summed E-state index contributed by atoms with van der Waals surface area (Å²) in [6.07, 6.45) is 1.17. The van der Waals surface area contributed by atoms with Gasteiger partial charge in [0.2, 0.25) is 0 Å². The first-order valence-corrected chi connectivity index (χ1v) is 10.8. The molecule has 1 heterocycles. The minimum atomic E-state index is -0.239. The summed E-state index contributed by atoms with van der Waals surface area (Å²) in [7, 11) is 1.65. The number of methoxy groups -OCH3 is 1. The first kappa shape index (κ1) is 19.7. The number of para-hydroxylation sites is 2. The molecule has 3 aromatic rings. The van der Waals surface area contributed by atoms with E-state index in [4.69, 9.17) is 16.3 Å². The van der Waals surface area contributed by atoms with E-state index in [1.54, 1.807) is 7.11 Å². The van der Waals surface area contributed by atoms with E-state index in [1.165, 1.54) is 0 Å². The molecule has 0 aromatic heterocycles. The van der Waals surface area contributed by atoms with E-state index in [0.29, 0.717) is 11.4 Å². The maximum absolute atomic E-state index is 13.5. The van der Waals surface area contributed by atoms with Crippen LogP contribution in [0.25, 0.3) is 0 Å². The molecule has 156 valence electrons. The molecule has 0 saturated carbocycles. The van der Waals surface area contributed by atoms with Crippen molar-refractivity contribution in [3.8, 4) is 5.75 Å². The Kier molecular flexibility index (Phi) is 5.16. The van der Waals surface area contributed by atoms with Gasteiger partial charge in [-0.05, 0) is 53.8 Å². The van der Waals surface area contributed by atoms with Crippen LogP contribution in [0.1, 0.15) is 35.9 Å². The lowest BCUT2D eigenvalue weighted by Gasteiger charge is -2.30. The monoisotopic (exact) mass is 430 g/mol. The fourth-order valence-corrected chi connectivity index (χ4v) is 4.85. The molecule has 1 aliphatic heterocycles. The highest BCUT2D eigenvalue weighted by Gasteiger charge is 2.36. The number of anilines is 2. The van der Waals surface area contributed by atoms with Crippen molar-refractivity contribution >= 4 is 28.8 Å². The Labute approximate surface area is 186 Å². The zero-order valence-electron chi connectivity index (χ0n) is 17.2. The Morgan fingerprint density at radius 2 is 1.61 bits per heavy atom. The van der Waals surface area contributed by atoms with Crippen LogP contribution in [0.2, 0.25) is 5.02 Å². The molecule has 3 aromatic carbocycles. The van der Waals surface area contributed by atoms with E-state index in [9.17, 15) is 4.79 Å². The molecule has 5 heteroatoms. The standard InChI is InChI=1S/C26H23ClN2O2/c1-31-18-12-10-16(11-13-18)26-25-23(28-21-8-4-5-9-22(21)29-26)14-17(15-24(25)30)19-6-2-3-7-20(19)27/h2-13,17,26,28-29H,14-15H2,1H3. The van der Waals surface area contributed by atoms with Crippen LogP contribution < -0.4 is 15.4 Å². The number of allylic oxidation sites excluding steroid dienone is 1. The van der Waals surface area contributed by atoms with Gasteiger partial charge in [-0.1, -0.05) is 54.1 Å². The zero-order chi connectivity index (χ0) is 21.4. The Balaban J connectivity index is 1.60. The SMILES string of the molecule is COc1ccc(C2Nc3ccccc3NC3=C2C(=O)CC(c2ccccc2Cl)C3)cc1. The van der Waals surface area contributed by atoms with Gasteiger partial charge in [-0.2, -0.15) is 0 Å². The molecule has 0 radical (unpaired) electrons. The second kappa shape index (κ2) is 8.12. The third kappa shape index (κ3) is 3.68. The van der Waals surface area contributed by atoms with Crippen molar-refractivity contribution in [1.82, 2.24) is 0 Å². The van der Waals surface area contributed by atoms with Gasteiger partial charge in [0.1, 0.15) is 5.75 Å². The van der Waals surface area contributed by atoms with Crippen molar-refractivity contribution in [2.75, 3.05) is 17.7 Å². The van der Waals surface area contributed by atoms with Crippen LogP contribution in [-0.2, 0) is 4.79 Å². The number of Topliss-reactive ketones (excluding diaryl/α,β-unsaturated/α-hetero) is 1. The van der Waals surface area contributed by atoms with Crippen molar-refractivity contribution in [1.29, 1.82) is 0 Å². The predicted octanol–water partition coefficient (Wildman–Crippen LogP) is 6.33. The Bertz CT molecular complexity index is 1170. The van der Waals surface area contributed by atoms with Gasteiger partial charge in [0, 0.05) is 22.7 Å². The number of carbonyl (C=O) groups is 1. The first-order chi connectivity index (χ1) is 15.1. The number of nitrogens with one attached hydrogen (secondary N) is 2. The largest absolute Gasteiger partial charge is 0.497 e. The molecular weight excluding hydrogens is 408 g/mol. The van der Waals surface area contributed by atoms with Crippen LogP contribution in [0.15, 0.2) is 84.1 Å². The van der Waals surface area contributed by atoms with Gasteiger partial charge in [0.15, 0.2) is 5.78 Å². The minimum absolute atomic E-state index is 0.0502. The van der Waals surface area contributed by atoms with Gasteiger partial charge in [0.25, 0.3) is 0 Å².